The van der Waals surface area contributed by atoms with E-state index in [0.717, 1.165) is 0 Å². The third kappa shape index (κ3) is 4.52. The van der Waals surface area contributed by atoms with E-state index in [1.54, 1.807) is 0 Å². The molecule has 0 rings (SSSR count). The Morgan fingerprint density at radius 2 is 2.20 bits per heavy atom. The van der Waals surface area contributed by atoms with Crippen molar-refractivity contribution in [1.82, 2.24) is 0 Å². The molecule has 0 spiro atoms. The molecule has 0 fully saturated rings. The molecule has 0 nitrogen and oxygen atoms in total. The minimum atomic E-state index is 1.34. The first-order valence-electron chi connectivity index (χ1n) is 1.81. The molecule has 34 valence electrons. The third-order valence-corrected chi connectivity index (χ3v) is 1.46. The maximum atomic E-state index is 2.21. The van der Waals surface area contributed by atoms with Crippen LogP contribution in [0.5, 0.6) is 0 Å². The quantitative estimate of drug-likeness (QED) is 0.481. The van der Waals surface area contributed by atoms with Crippen molar-refractivity contribution >= 4 is 0 Å². The SMILES string of the molecule is CC[CH2][Fe][CH3]. The van der Waals surface area contributed by atoms with E-state index in [0.29, 0.717) is 0 Å². The van der Waals surface area contributed by atoms with E-state index in [9.17, 15) is 0 Å². The molecule has 0 aromatic carbocycles. The Bertz CT molecular complexity index is 11.1. The van der Waals surface area contributed by atoms with Crippen molar-refractivity contribution in [2.45, 2.75) is 24.5 Å². The van der Waals surface area contributed by atoms with Gasteiger partial charge in [0.1, 0.15) is 0 Å². The predicted molar refractivity (Wildman–Crippen MR) is 21.0 cm³/mol. The molecule has 0 aliphatic heterocycles. The van der Waals surface area contributed by atoms with Gasteiger partial charge in [-0.15, -0.1) is 0 Å². The summed E-state index contributed by atoms with van der Waals surface area (Å²) < 4.78 is 0. The number of rotatable bonds is 2. The topological polar surface area (TPSA) is 0 Å². The Hall–Kier alpha value is 0.519. The van der Waals surface area contributed by atoms with Crippen LogP contribution in [0.2, 0.25) is 11.1 Å². The Balaban J connectivity index is 2.19. The second-order valence-corrected chi connectivity index (χ2v) is 2.26. The van der Waals surface area contributed by atoms with Crippen molar-refractivity contribution in [3.05, 3.63) is 0 Å². The first-order valence-corrected chi connectivity index (χ1v) is 3.70. The summed E-state index contributed by atoms with van der Waals surface area (Å²) in [7, 11) is 0. The summed E-state index contributed by atoms with van der Waals surface area (Å²) in [6.07, 6.45) is 1.34. The molecule has 5 heavy (non-hydrogen) atoms. The van der Waals surface area contributed by atoms with Crippen LogP contribution >= 0.6 is 0 Å². The molecule has 0 bridgehead atoms. The van der Waals surface area contributed by atoms with E-state index in [1.807, 2.05) is 0 Å². The monoisotopic (exact) mass is 114 g/mol. The van der Waals surface area contributed by atoms with Crippen LogP contribution in [-0.4, -0.2) is 0 Å². The predicted octanol–water partition coefficient (Wildman–Crippen LogP) is 1.95. The van der Waals surface area contributed by atoms with Crippen LogP contribution in [-0.2, 0) is 15.0 Å². The first kappa shape index (κ1) is 5.52. The Labute approximate surface area is 40.1 Å². The molecule has 1 heteroatoms. The van der Waals surface area contributed by atoms with Gasteiger partial charge in [0.25, 0.3) is 0 Å². The van der Waals surface area contributed by atoms with E-state index in [2.05, 4.69) is 12.7 Å². The van der Waals surface area contributed by atoms with Crippen molar-refractivity contribution in [2.24, 2.45) is 0 Å². The van der Waals surface area contributed by atoms with Crippen LogP contribution < -0.4 is 0 Å². The van der Waals surface area contributed by atoms with Crippen LogP contribution in [0.25, 0.3) is 0 Å². The Kier molecular flexibility index (Phi) is 4.99. The third-order valence-electron chi connectivity index (χ3n) is 0.354. The average Bonchev–Trinajstić information content (AvgIpc) is 1.41. The molecule has 0 N–H and O–H groups in total. The summed E-state index contributed by atoms with van der Waals surface area (Å²) in [5.41, 5.74) is 0. The van der Waals surface area contributed by atoms with Gasteiger partial charge < -0.3 is 0 Å². The van der Waals surface area contributed by atoms with E-state index in [-0.39, 0.29) is 0 Å². The van der Waals surface area contributed by atoms with Crippen molar-refractivity contribution in [2.75, 3.05) is 0 Å². The van der Waals surface area contributed by atoms with Crippen LogP contribution in [0.3, 0.4) is 0 Å². The second-order valence-electron chi connectivity index (χ2n) is 0.927. The van der Waals surface area contributed by atoms with Crippen LogP contribution in [0.4, 0.5) is 0 Å². The van der Waals surface area contributed by atoms with Crippen LogP contribution in [0.15, 0.2) is 0 Å². The van der Waals surface area contributed by atoms with Crippen LogP contribution in [0.1, 0.15) is 13.3 Å². The number of hydrogen-bond donors (Lipinski definition) is 0. The van der Waals surface area contributed by atoms with Crippen molar-refractivity contribution in [3.8, 4) is 0 Å². The molecule has 0 saturated carbocycles. The minimum absolute atomic E-state index is 1.34. The molecule has 0 saturated heterocycles. The van der Waals surface area contributed by atoms with E-state index in [4.69, 9.17) is 0 Å². The van der Waals surface area contributed by atoms with Gasteiger partial charge in [0.2, 0.25) is 0 Å². The molecule has 0 aliphatic rings. The van der Waals surface area contributed by atoms with Gasteiger partial charge in [-0.05, 0) is 0 Å². The van der Waals surface area contributed by atoms with Crippen molar-refractivity contribution in [3.63, 3.8) is 0 Å². The average molecular weight is 114 g/mol. The summed E-state index contributed by atoms with van der Waals surface area (Å²) in [6, 6.07) is 0. The molecular formula is C4H10Fe. The zero-order valence-electron chi connectivity index (χ0n) is 3.77. The summed E-state index contributed by atoms with van der Waals surface area (Å²) >= 11 is 1.34. The summed E-state index contributed by atoms with van der Waals surface area (Å²) in [4.78, 5) is 0. The van der Waals surface area contributed by atoms with Gasteiger partial charge in [-0.25, -0.2) is 0 Å². The fraction of sp³-hybridized carbons (Fsp3) is 1.00. The van der Waals surface area contributed by atoms with Gasteiger partial charge in [0.05, 0.1) is 0 Å². The van der Waals surface area contributed by atoms with E-state index >= 15 is 0 Å². The van der Waals surface area contributed by atoms with E-state index in [1.165, 1.54) is 26.7 Å². The van der Waals surface area contributed by atoms with Gasteiger partial charge in [0, 0.05) is 0 Å². The molecule has 0 heterocycles. The molecule has 0 aromatic heterocycles. The molecule has 0 aliphatic carbocycles. The van der Waals surface area contributed by atoms with Gasteiger partial charge >= 0.3 is 39.4 Å². The summed E-state index contributed by atoms with van der Waals surface area (Å²) in [6.45, 7) is 2.21. The van der Waals surface area contributed by atoms with Crippen LogP contribution in [0, 0.1) is 0 Å². The fourth-order valence-electron chi connectivity index (χ4n) is 0.177. The van der Waals surface area contributed by atoms with Gasteiger partial charge in [0.15, 0.2) is 0 Å². The first-order chi connectivity index (χ1) is 2.41. The standard InChI is InChI=1S/C3H7.CH3.Fe/c1-3-2;;/h1,3H2,2H3;1H3;. The zero-order chi connectivity index (χ0) is 4.12. The molecule has 0 amide bonds. The zero-order valence-corrected chi connectivity index (χ0v) is 4.87. The van der Waals surface area contributed by atoms with Gasteiger partial charge in [-0.3, -0.25) is 0 Å². The molecular weight excluding hydrogens is 104 g/mol. The van der Waals surface area contributed by atoms with Gasteiger partial charge in [-0.1, -0.05) is 0 Å². The summed E-state index contributed by atoms with van der Waals surface area (Å²) in [5.74, 6) is 2.21. The van der Waals surface area contributed by atoms with Gasteiger partial charge in [-0.2, -0.15) is 0 Å². The molecule has 0 atom stereocenters. The fourth-order valence-corrected chi connectivity index (χ4v) is 0.729. The van der Waals surface area contributed by atoms with E-state index < -0.39 is 0 Å². The molecule has 0 aromatic rings. The second kappa shape index (κ2) is 4.52. The Morgan fingerprint density at radius 1 is 1.60 bits per heavy atom. The molecule has 0 radical (unpaired) electrons. The Morgan fingerprint density at radius 3 is 2.20 bits per heavy atom. The summed E-state index contributed by atoms with van der Waals surface area (Å²) in [5, 5.41) is 1.39. The normalized spacial score (nSPS) is 9.20. The number of hydrogen-bond acceptors (Lipinski definition) is 0. The molecule has 0 unspecified atom stereocenters. The van der Waals surface area contributed by atoms with Crippen molar-refractivity contribution < 1.29 is 15.0 Å². The maximum absolute atomic E-state index is 2.21. The van der Waals surface area contributed by atoms with Crippen molar-refractivity contribution in [1.29, 1.82) is 0 Å².